The first kappa shape index (κ1) is 10.9. The molecule has 2 aromatic rings. The number of aromatic hydroxyl groups is 2. The fraction of sp³-hybridized carbons (Fsp3) is 0.333. The summed E-state index contributed by atoms with van der Waals surface area (Å²) < 4.78 is 5.16. The summed E-state index contributed by atoms with van der Waals surface area (Å²) in [6.07, 6.45) is 2.29. The highest BCUT2D eigenvalue weighted by atomic mass is 16.5. The third-order valence-electron chi connectivity index (χ3n) is 3.03. The molecule has 3 rings (SSSR count). The number of benzene rings is 1. The normalized spacial score (nSPS) is 15.2. The Labute approximate surface area is 103 Å². The van der Waals surface area contributed by atoms with Crippen LogP contribution in [0.1, 0.15) is 12.8 Å². The highest BCUT2D eigenvalue weighted by Crippen LogP contribution is 2.30. The van der Waals surface area contributed by atoms with Crippen molar-refractivity contribution in [3.8, 4) is 23.0 Å². The average molecular weight is 247 g/mol. The molecule has 0 saturated carbocycles. The van der Waals surface area contributed by atoms with Gasteiger partial charge in [0.15, 0.2) is 11.5 Å². The Morgan fingerprint density at radius 1 is 1.11 bits per heavy atom. The molecule has 0 unspecified atom stereocenters. The van der Waals surface area contributed by atoms with E-state index in [1.165, 1.54) is 12.1 Å². The second kappa shape index (κ2) is 4.21. The average Bonchev–Trinajstić information content (AvgIpc) is 3.01. The fourth-order valence-corrected chi connectivity index (χ4v) is 2.04. The number of phenols is 2. The molecule has 6 nitrogen and oxygen atoms in total. The van der Waals surface area contributed by atoms with Crippen LogP contribution in [0.15, 0.2) is 22.7 Å². The molecule has 0 bridgehead atoms. The van der Waals surface area contributed by atoms with Crippen LogP contribution in [0.5, 0.6) is 11.5 Å². The van der Waals surface area contributed by atoms with Gasteiger partial charge in [0.2, 0.25) is 0 Å². The fourth-order valence-electron chi connectivity index (χ4n) is 2.04. The first-order chi connectivity index (χ1) is 8.74. The summed E-state index contributed by atoms with van der Waals surface area (Å²) >= 11 is 0. The minimum Gasteiger partial charge on any atom is -0.504 e. The van der Waals surface area contributed by atoms with Crippen LogP contribution < -0.4 is 4.90 Å². The molecule has 0 radical (unpaired) electrons. The summed E-state index contributed by atoms with van der Waals surface area (Å²) in [4.78, 5) is 6.35. The van der Waals surface area contributed by atoms with Crippen molar-refractivity contribution in [3.63, 3.8) is 0 Å². The molecule has 1 saturated heterocycles. The second-order valence-electron chi connectivity index (χ2n) is 4.30. The van der Waals surface area contributed by atoms with Crippen molar-refractivity contribution in [3.05, 3.63) is 18.2 Å². The monoisotopic (exact) mass is 247 g/mol. The van der Waals surface area contributed by atoms with Crippen molar-refractivity contribution in [1.29, 1.82) is 0 Å². The van der Waals surface area contributed by atoms with Crippen LogP contribution in [0.3, 0.4) is 0 Å². The van der Waals surface area contributed by atoms with Crippen molar-refractivity contribution < 1.29 is 14.7 Å². The third kappa shape index (κ3) is 1.85. The number of nitrogens with zero attached hydrogens (tertiary/aromatic N) is 3. The Hall–Kier alpha value is -2.24. The maximum absolute atomic E-state index is 9.43. The van der Waals surface area contributed by atoms with E-state index in [1.54, 1.807) is 6.07 Å². The van der Waals surface area contributed by atoms with E-state index in [0.717, 1.165) is 25.9 Å². The van der Waals surface area contributed by atoms with Crippen LogP contribution in [0.2, 0.25) is 0 Å². The molecule has 0 atom stereocenters. The van der Waals surface area contributed by atoms with Gasteiger partial charge < -0.3 is 19.6 Å². The van der Waals surface area contributed by atoms with Gasteiger partial charge in [0.1, 0.15) is 0 Å². The summed E-state index contributed by atoms with van der Waals surface area (Å²) in [5.74, 6) is 0.550. The van der Waals surface area contributed by atoms with Gasteiger partial charge in [-0.25, -0.2) is 0 Å². The smallest absolute Gasteiger partial charge is 0.266 e. The second-order valence-corrected chi connectivity index (χ2v) is 4.30. The summed E-state index contributed by atoms with van der Waals surface area (Å²) in [6.45, 7) is 1.89. The van der Waals surface area contributed by atoms with E-state index in [9.17, 15) is 10.2 Å². The van der Waals surface area contributed by atoms with E-state index in [2.05, 4.69) is 15.0 Å². The van der Waals surface area contributed by atoms with Crippen molar-refractivity contribution in [1.82, 2.24) is 10.1 Å². The van der Waals surface area contributed by atoms with Gasteiger partial charge in [-0.15, -0.1) is 0 Å². The van der Waals surface area contributed by atoms with Crippen LogP contribution in [0.4, 0.5) is 5.95 Å². The minimum absolute atomic E-state index is 0.168. The van der Waals surface area contributed by atoms with Crippen LogP contribution in [0, 0.1) is 0 Å². The lowest BCUT2D eigenvalue weighted by atomic mass is 10.2. The molecule has 18 heavy (non-hydrogen) atoms. The number of hydrogen-bond acceptors (Lipinski definition) is 6. The maximum atomic E-state index is 9.43. The predicted octanol–water partition coefficient (Wildman–Crippen LogP) is 1.75. The molecule has 1 aromatic heterocycles. The van der Waals surface area contributed by atoms with Crippen LogP contribution >= 0.6 is 0 Å². The lowest BCUT2D eigenvalue weighted by Crippen LogP contribution is -2.18. The zero-order chi connectivity index (χ0) is 12.5. The van der Waals surface area contributed by atoms with Gasteiger partial charge in [-0.3, -0.25) is 0 Å². The standard InChI is InChI=1S/C12H13N3O3/c16-9-4-3-8(7-10(9)17)11-13-12(14-18-11)15-5-1-2-6-15/h3-4,7,16-17H,1-2,5-6H2. The van der Waals surface area contributed by atoms with E-state index >= 15 is 0 Å². The molecule has 2 heterocycles. The molecule has 6 heteroatoms. The molecule has 1 aromatic carbocycles. The first-order valence-corrected chi connectivity index (χ1v) is 5.85. The molecular formula is C12H13N3O3. The van der Waals surface area contributed by atoms with Gasteiger partial charge >= 0.3 is 0 Å². The number of aromatic nitrogens is 2. The molecule has 1 aliphatic heterocycles. The Morgan fingerprint density at radius 2 is 1.89 bits per heavy atom. The highest BCUT2D eigenvalue weighted by Gasteiger charge is 2.19. The highest BCUT2D eigenvalue weighted by molar-refractivity contribution is 5.60. The van der Waals surface area contributed by atoms with E-state index in [0.29, 0.717) is 17.4 Å². The van der Waals surface area contributed by atoms with Crippen LogP contribution in [-0.2, 0) is 0 Å². The molecule has 1 fully saturated rings. The lowest BCUT2D eigenvalue weighted by Gasteiger charge is -2.09. The molecule has 1 aliphatic rings. The van der Waals surface area contributed by atoms with Crippen LogP contribution in [-0.4, -0.2) is 33.4 Å². The van der Waals surface area contributed by atoms with E-state index in [1.807, 2.05) is 0 Å². The largest absolute Gasteiger partial charge is 0.504 e. The minimum atomic E-state index is -0.201. The van der Waals surface area contributed by atoms with Gasteiger partial charge in [-0.1, -0.05) is 0 Å². The molecule has 2 N–H and O–H groups in total. The molecule has 94 valence electrons. The molecule has 0 aliphatic carbocycles. The Kier molecular flexibility index (Phi) is 2.55. The summed E-state index contributed by atoms with van der Waals surface area (Å²) in [6, 6.07) is 4.41. The quantitative estimate of drug-likeness (QED) is 0.787. The SMILES string of the molecule is Oc1ccc(-c2nc(N3CCCC3)no2)cc1O. The zero-order valence-electron chi connectivity index (χ0n) is 9.70. The van der Waals surface area contributed by atoms with Gasteiger partial charge in [0, 0.05) is 18.7 Å². The van der Waals surface area contributed by atoms with Gasteiger partial charge in [0.05, 0.1) is 0 Å². The number of rotatable bonds is 2. The Morgan fingerprint density at radius 3 is 2.61 bits per heavy atom. The molecular weight excluding hydrogens is 234 g/mol. The van der Waals surface area contributed by atoms with Crippen molar-refractivity contribution in [2.75, 3.05) is 18.0 Å². The van der Waals surface area contributed by atoms with Gasteiger partial charge in [-0.2, -0.15) is 4.98 Å². The van der Waals surface area contributed by atoms with E-state index in [4.69, 9.17) is 4.52 Å². The van der Waals surface area contributed by atoms with Crippen LogP contribution in [0.25, 0.3) is 11.5 Å². The van der Waals surface area contributed by atoms with Gasteiger partial charge in [-0.05, 0) is 36.2 Å². The van der Waals surface area contributed by atoms with E-state index in [-0.39, 0.29) is 11.5 Å². The Balaban J connectivity index is 1.89. The molecule has 0 amide bonds. The number of hydrogen-bond donors (Lipinski definition) is 2. The predicted molar refractivity (Wildman–Crippen MR) is 64.5 cm³/mol. The summed E-state index contributed by atoms with van der Waals surface area (Å²) in [5.41, 5.74) is 0.586. The van der Waals surface area contributed by atoms with Gasteiger partial charge in [0.25, 0.3) is 11.8 Å². The van der Waals surface area contributed by atoms with Crippen molar-refractivity contribution >= 4 is 5.95 Å². The summed E-state index contributed by atoms with van der Waals surface area (Å²) in [7, 11) is 0. The zero-order valence-corrected chi connectivity index (χ0v) is 9.70. The van der Waals surface area contributed by atoms with Crippen molar-refractivity contribution in [2.24, 2.45) is 0 Å². The number of phenolic OH excluding ortho intramolecular Hbond substituents is 2. The van der Waals surface area contributed by atoms with E-state index < -0.39 is 0 Å². The Bertz CT molecular complexity index is 561. The topological polar surface area (TPSA) is 82.6 Å². The first-order valence-electron chi connectivity index (χ1n) is 5.85. The molecule has 0 spiro atoms. The maximum Gasteiger partial charge on any atom is 0.266 e. The summed E-state index contributed by atoms with van der Waals surface area (Å²) in [5, 5.41) is 22.6. The number of anilines is 1. The van der Waals surface area contributed by atoms with Crippen molar-refractivity contribution in [2.45, 2.75) is 12.8 Å². The third-order valence-corrected chi connectivity index (χ3v) is 3.03. The lowest BCUT2D eigenvalue weighted by molar-refractivity contribution is 0.402.